The SMILES string of the molecule is C#CC(C)NCc1ccc(C(=O)OC)cn1. The van der Waals surface area contributed by atoms with E-state index in [0.717, 1.165) is 5.69 Å². The number of hydrogen-bond donors (Lipinski definition) is 1. The van der Waals surface area contributed by atoms with Crippen molar-refractivity contribution in [3.05, 3.63) is 29.6 Å². The molecule has 0 aliphatic heterocycles. The van der Waals surface area contributed by atoms with E-state index in [9.17, 15) is 4.79 Å². The zero-order valence-electron chi connectivity index (χ0n) is 9.36. The molecule has 0 saturated heterocycles. The molecule has 0 aromatic carbocycles. The molecule has 0 aliphatic carbocycles. The minimum Gasteiger partial charge on any atom is -0.465 e. The molecule has 4 nitrogen and oxygen atoms in total. The number of carbonyl (C=O) groups excluding carboxylic acids is 1. The van der Waals surface area contributed by atoms with Crippen LogP contribution in [0.3, 0.4) is 0 Å². The number of nitrogens with zero attached hydrogens (tertiary/aromatic N) is 1. The van der Waals surface area contributed by atoms with Gasteiger partial charge in [0.05, 0.1) is 24.4 Å². The van der Waals surface area contributed by atoms with Crippen LogP contribution in [0.5, 0.6) is 0 Å². The van der Waals surface area contributed by atoms with E-state index in [2.05, 4.69) is 21.0 Å². The van der Waals surface area contributed by atoms with Gasteiger partial charge in [0.2, 0.25) is 0 Å². The predicted molar refractivity (Wildman–Crippen MR) is 60.7 cm³/mol. The third-order valence-electron chi connectivity index (χ3n) is 2.09. The van der Waals surface area contributed by atoms with Crippen molar-refractivity contribution in [3.8, 4) is 12.3 Å². The van der Waals surface area contributed by atoms with E-state index in [-0.39, 0.29) is 12.0 Å². The second-order valence-electron chi connectivity index (χ2n) is 3.30. The van der Waals surface area contributed by atoms with Gasteiger partial charge in [0.15, 0.2) is 0 Å². The summed E-state index contributed by atoms with van der Waals surface area (Å²) in [5.41, 5.74) is 1.27. The third kappa shape index (κ3) is 3.37. The Morgan fingerprint density at radius 3 is 2.94 bits per heavy atom. The number of terminal acetylenes is 1. The van der Waals surface area contributed by atoms with E-state index in [1.54, 1.807) is 12.1 Å². The fourth-order valence-electron chi connectivity index (χ4n) is 1.08. The lowest BCUT2D eigenvalue weighted by Crippen LogP contribution is -2.24. The van der Waals surface area contributed by atoms with E-state index < -0.39 is 0 Å². The minimum absolute atomic E-state index is 0.00193. The van der Waals surface area contributed by atoms with E-state index in [1.165, 1.54) is 13.3 Å². The van der Waals surface area contributed by atoms with Crippen molar-refractivity contribution in [2.24, 2.45) is 0 Å². The molecule has 0 aliphatic rings. The van der Waals surface area contributed by atoms with Crippen LogP contribution in [0, 0.1) is 12.3 Å². The van der Waals surface area contributed by atoms with Crippen LogP contribution in [0.2, 0.25) is 0 Å². The van der Waals surface area contributed by atoms with Crippen LogP contribution in [-0.4, -0.2) is 24.1 Å². The Bertz CT molecular complexity index is 392. The van der Waals surface area contributed by atoms with Gasteiger partial charge in [-0.15, -0.1) is 6.42 Å². The van der Waals surface area contributed by atoms with Gasteiger partial charge in [-0.3, -0.25) is 10.3 Å². The maximum atomic E-state index is 11.1. The standard InChI is InChI=1S/C12H14N2O2/c1-4-9(2)13-8-11-6-5-10(7-14-11)12(15)16-3/h1,5-7,9,13H,8H2,2-3H3. The van der Waals surface area contributed by atoms with Crippen LogP contribution in [0.1, 0.15) is 23.0 Å². The van der Waals surface area contributed by atoms with Crippen LogP contribution in [0.15, 0.2) is 18.3 Å². The highest BCUT2D eigenvalue weighted by Gasteiger charge is 2.05. The van der Waals surface area contributed by atoms with Gasteiger partial charge in [-0.2, -0.15) is 0 Å². The first-order valence-electron chi connectivity index (χ1n) is 4.90. The Hall–Kier alpha value is -1.86. The molecule has 1 aromatic rings. The number of esters is 1. The summed E-state index contributed by atoms with van der Waals surface area (Å²) in [4.78, 5) is 15.3. The smallest absolute Gasteiger partial charge is 0.339 e. The third-order valence-corrected chi connectivity index (χ3v) is 2.09. The van der Waals surface area contributed by atoms with E-state index in [4.69, 9.17) is 6.42 Å². The Morgan fingerprint density at radius 2 is 2.44 bits per heavy atom. The lowest BCUT2D eigenvalue weighted by Gasteiger charge is -2.06. The summed E-state index contributed by atoms with van der Waals surface area (Å²) in [6.45, 7) is 2.47. The monoisotopic (exact) mass is 218 g/mol. The predicted octanol–water partition coefficient (Wildman–Crippen LogP) is 0.980. The molecule has 1 heterocycles. The molecule has 16 heavy (non-hydrogen) atoms. The molecule has 1 unspecified atom stereocenters. The van der Waals surface area contributed by atoms with Crippen LogP contribution in [0.25, 0.3) is 0 Å². The van der Waals surface area contributed by atoms with Crippen LogP contribution < -0.4 is 5.32 Å². The average Bonchev–Trinajstić information content (AvgIpc) is 2.35. The van der Waals surface area contributed by atoms with Gasteiger partial charge in [-0.25, -0.2) is 4.79 Å². The molecule has 4 heteroatoms. The van der Waals surface area contributed by atoms with E-state index in [1.807, 2.05) is 6.92 Å². The molecule has 1 rings (SSSR count). The zero-order chi connectivity index (χ0) is 12.0. The Balaban J connectivity index is 2.59. The summed E-state index contributed by atoms with van der Waals surface area (Å²) in [6, 6.07) is 3.45. The van der Waals surface area contributed by atoms with Crippen LogP contribution in [-0.2, 0) is 11.3 Å². The molecular weight excluding hydrogens is 204 g/mol. The molecule has 0 bridgehead atoms. The number of ether oxygens (including phenoxy) is 1. The number of aromatic nitrogens is 1. The lowest BCUT2D eigenvalue weighted by atomic mass is 10.2. The summed E-state index contributed by atoms with van der Waals surface area (Å²) in [5, 5.41) is 3.10. The molecule has 0 radical (unpaired) electrons. The number of rotatable bonds is 4. The Morgan fingerprint density at radius 1 is 1.69 bits per heavy atom. The molecular formula is C12H14N2O2. The van der Waals surface area contributed by atoms with Crippen molar-refractivity contribution in [3.63, 3.8) is 0 Å². The van der Waals surface area contributed by atoms with Gasteiger partial charge in [0, 0.05) is 12.7 Å². The minimum atomic E-state index is -0.385. The number of pyridine rings is 1. The largest absolute Gasteiger partial charge is 0.465 e. The molecule has 84 valence electrons. The second-order valence-corrected chi connectivity index (χ2v) is 3.30. The van der Waals surface area contributed by atoms with Gasteiger partial charge in [-0.1, -0.05) is 5.92 Å². The van der Waals surface area contributed by atoms with Gasteiger partial charge in [-0.05, 0) is 19.1 Å². The Labute approximate surface area is 95.0 Å². The van der Waals surface area contributed by atoms with E-state index in [0.29, 0.717) is 12.1 Å². The van der Waals surface area contributed by atoms with Crippen molar-refractivity contribution in [1.82, 2.24) is 10.3 Å². The highest BCUT2D eigenvalue weighted by molar-refractivity contribution is 5.88. The quantitative estimate of drug-likeness (QED) is 0.604. The van der Waals surface area contributed by atoms with Gasteiger partial charge < -0.3 is 4.74 Å². The number of hydrogen-bond acceptors (Lipinski definition) is 4. The summed E-state index contributed by atoms with van der Waals surface area (Å²) >= 11 is 0. The maximum absolute atomic E-state index is 11.1. The first-order chi connectivity index (χ1) is 7.67. The number of nitrogens with one attached hydrogen (secondary N) is 1. The fraction of sp³-hybridized carbons (Fsp3) is 0.333. The molecule has 0 amide bonds. The normalized spacial score (nSPS) is 11.6. The van der Waals surface area contributed by atoms with Crippen LogP contribution in [0.4, 0.5) is 0 Å². The van der Waals surface area contributed by atoms with E-state index >= 15 is 0 Å². The molecule has 0 saturated carbocycles. The van der Waals surface area contributed by atoms with Gasteiger partial charge >= 0.3 is 5.97 Å². The first kappa shape index (κ1) is 12.2. The summed E-state index contributed by atoms with van der Waals surface area (Å²) in [7, 11) is 1.34. The summed E-state index contributed by atoms with van der Waals surface area (Å²) < 4.78 is 4.57. The second kappa shape index (κ2) is 5.89. The van der Waals surface area contributed by atoms with Crippen molar-refractivity contribution in [2.75, 3.05) is 7.11 Å². The fourth-order valence-corrected chi connectivity index (χ4v) is 1.08. The summed E-state index contributed by atoms with van der Waals surface area (Å²) in [6.07, 6.45) is 6.71. The number of carbonyl (C=O) groups is 1. The Kier molecular flexibility index (Phi) is 4.49. The van der Waals surface area contributed by atoms with Crippen molar-refractivity contribution in [1.29, 1.82) is 0 Å². The zero-order valence-corrected chi connectivity index (χ0v) is 9.36. The molecule has 1 aromatic heterocycles. The van der Waals surface area contributed by atoms with Crippen molar-refractivity contribution < 1.29 is 9.53 Å². The molecule has 0 fully saturated rings. The number of methoxy groups -OCH3 is 1. The lowest BCUT2D eigenvalue weighted by molar-refractivity contribution is 0.0600. The average molecular weight is 218 g/mol. The topological polar surface area (TPSA) is 51.2 Å². The van der Waals surface area contributed by atoms with Crippen molar-refractivity contribution in [2.45, 2.75) is 19.5 Å². The van der Waals surface area contributed by atoms with Crippen molar-refractivity contribution >= 4 is 5.97 Å². The highest BCUT2D eigenvalue weighted by Crippen LogP contribution is 2.02. The molecule has 0 spiro atoms. The maximum Gasteiger partial charge on any atom is 0.339 e. The van der Waals surface area contributed by atoms with Gasteiger partial charge in [0.1, 0.15) is 0 Å². The van der Waals surface area contributed by atoms with Gasteiger partial charge in [0.25, 0.3) is 0 Å². The molecule has 1 atom stereocenters. The first-order valence-corrected chi connectivity index (χ1v) is 4.90. The highest BCUT2D eigenvalue weighted by atomic mass is 16.5. The molecule has 1 N–H and O–H groups in total. The summed E-state index contributed by atoms with van der Waals surface area (Å²) in [5.74, 6) is 2.18. The van der Waals surface area contributed by atoms with Crippen LogP contribution >= 0.6 is 0 Å².